The van der Waals surface area contributed by atoms with E-state index in [1.807, 2.05) is 12.3 Å². The second-order valence-corrected chi connectivity index (χ2v) is 5.84. The topological polar surface area (TPSA) is 12.9 Å². The van der Waals surface area contributed by atoms with Gasteiger partial charge in [0.15, 0.2) is 0 Å². The van der Waals surface area contributed by atoms with Crippen LogP contribution in [0.15, 0.2) is 18.3 Å². The summed E-state index contributed by atoms with van der Waals surface area (Å²) in [7, 11) is 0. The van der Waals surface area contributed by atoms with Gasteiger partial charge in [-0.2, -0.15) is 0 Å². The van der Waals surface area contributed by atoms with Crippen LogP contribution in [-0.2, 0) is 0 Å². The first-order chi connectivity index (χ1) is 9.27. The summed E-state index contributed by atoms with van der Waals surface area (Å²) in [6.45, 7) is 4.53. The highest BCUT2D eigenvalue weighted by Gasteiger charge is 2.11. The average molecular weight is 282 g/mol. The van der Waals surface area contributed by atoms with Crippen molar-refractivity contribution in [3.8, 4) is 0 Å². The summed E-state index contributed by atoms with van der Waals surface area (Å²) in [5.74, 6) is 0.674. The van der Waals surface area contributed by atoms with Crippen LogP contribution < -0.4 is 0 Å². The van der Waals surface area contributed by atoms with E-state index in [1.54, 1.807) is 0 Å². The maximum Gasteiger partial charge on any atom is 0.129 e. The Morgan fingerprint density at radius 1 is 0.947 bits per heavy atom. The van der Waals surface area contributed by atoms with Crippen LogP contribution in [0.1, 0.15) is 83.1 Å². The summed E-state index contributed by atoms with van der Waals surface area (Å²) in [5.41, 5.74) is 1.37. The molecule has 1 aromatic rings. The van der Waals surface area contributed by atoms with Gasteiger partial charge in [-0.25, -0.2) is 4.98 Å². The number of aromatic nitrogens is 1. The third kappa shape index (κ3) is 6.96. The summed E-state index contributed by atoms with van der Waals surface area (Å²) in [6.07, 6.45) is 13.9. The zero-order valence-corrected chi connectivity index (χ0v) is 13.3. The predicted octanol–water partition coefficient (Wildman–Crippen LogP) is 6.37. The van der Waals surface area contributed by atoms with Crippen LogP contribution in [0.25, 0.3) is 0 Å². The molecule has 0 aromatic carbocycles. The number of unbranched alkanes of at least 4 members (excludes halogenated alkanes) is 5. The van der Waals surface area contributed by atoms with Crippen molar-refractivity contribution in [1.29, 1.82) is 0 Å². The summed E-state index contributed by atoms with van der Waals surface area (Å²) in [4.78, 5) is 4.24. The van der Waals surface area contributed by atoms with Crippen molar-refractivity contribution >= 4 is 11.6 Å². The van der Waals surface area contributed by atoms with E-state index >= 15 is 0 Å². The van der Waals surface area contributed by atoms with Crippen LogP contribution in [0.2, 0.25) is 5.15 Å². The molecule has 2 heteroatoms. The Morgan fingerprint density at radius 3 is 2.16 bits per heavy atom. The molecule has 19 heavy (non-hydrogen) atoms. The van der Waals surface area contributed by atoms with Gasteiger partial charge < -0.3 is 0 Å². The predicted molar refractivity (Wildman–Crippen MR) is 84.9 cm³/mol. The Labute approximate surface area is 123 Å². The summed E-state index contributed by atoms with van der Waals surface area (Å²) >= 11 is 5.88. The van der Waals surface area contributed by atoms with Gasteiger partial charge in [0.1, 0.15) is 5.15 Å². The first-order valence-electron chi connectivity index (χ1n) is 7.89. The Bertz CT molecular complexity index is 321. The maximum atomic E-state index is 5.88. The third-order valence-corrected chi connectivity index (χ3v) is 4.01. The molecule has 0 spiro atoms. The molecule has 0 saturated carbocycles. The van der Waals surface area contributed by atoms with Gasteiger partial charge in [-0.1, -0.05) is 76.5 Å². The first-order valence-corrected chi connectivity index (χ1v) is 8.27. The van der Waals surface area contributed by atoms with Gasteiger partial charge in [0, 0.05) is 6.20 Å². The average Bonchev–Trinajstić information content (AvgIpc) is 2.43. The first kappa shape index (κ1) is 16.5. The van der Waals surface area contributed by atoms with Crippen LogP contribution >= 0.6 is 11.6 Å². The monoisotopic (exact) mass is 281 g/mol. The zero-order chi connectivity index (χ0) is 13.9. The Morgan fingerprint density at radius 2 is 1.58 bits per heavy atom. The molecule has 0 aliphatic rings. The van der Waals surface area contributed by atoms with Crippen molar-refractivity contribution in [2.45, 2.75) is 77.6 Å². The third-order valence-electron chi connectivity index (χ3n) is 3.78. The normalized spacial score (nSPS) is 12.6. The van der Waals surface area contributed by atoms with Crippen molar-refractivity contribution in [3.63, 3.8) is 0 Å². The minimum atomic E-state index is 0.599. The number of hydrogen-bond donors (Lipinski definition) is 0. The summed E-state index contributed by atoms with van der Waals surface area (Å²) < 4.78 is 0. The molecule has 0 aliphatic heterocycles. The second kappa shape index (κ2) is 10.3. The van der Waals surface area contributed by atoms with Gasteiger partial charge in [0.05, 0.1) is 0 Å². The molecule has 0 amide bonds. The van der Waals surface area contributed by atoms with Gasteiger partial charge in [-0.3, -0.25) is 0 Å². The number of halogens is 1. The minimum Gasteiger partial charge on any atom is -0.244 e. The van der Waals surface area contributed by atoms with Gasteiger partial charge in [0.25, 0.3) is 0 Å². The maximum absolute atomic E-state index is 5.88. The van der Waals surface area contributed by atoms with E-state index in [-0.39, 0.29) is 0 Å². The highest BCUT2D eigenvalue weighted by Crippen LogP contribution is 2.28. The van der Waals surface area contributed by atoms with E-state index in [4.69, 9.17) is 11.6 Å². The quantitative estimate of drug-likeness (QED) is 0.359. The van der Waals surface area contributed by atoms with Crippen molar-refractivity contribution < 1.29 is 0 Å². The number of rotatable bonds is 10. The van der Waals surface area contributed by atoms with Crippen molar-refractivity contribution in [1.82, 2.24) is 4.98 Å². The fraction of sp³-hybridized carbons (Fsp3) is 0.706. The zero-order valence-electron chi connectivity index (χ0n) is 12.5. The van der Waals surface area contributed by atoms with Crippen molar-refractivity contribution in [2.24, 2.45) is 0 Å². The smallest absolute Gasteiger partial charge is 0.129 e. The molecule has 1 unspecified atom stereocenters. The molecule has 1 atom stereocenters. The standard InChI is InChI=1S/C17H28ClN/c1-3-5-7-9-11-15(10-8-6-4-2)16-12-13-17(18)19-14-16/h12-15H,3-11H2,1-2H3. The van der Waals surface area contributed by atoms with Crippen LogP contribution in [0.4, 0.5) is 0 Å². The van der Waals surface area contributed by atoms with E-state index < -0.39 is 0 Å². The lowest BCUT2D eigenvalue weighted by atomic mass is 9.89. The fourth-order valence-corrected chi connectivity index (χ4v) is 2.68. The largest absolute Gasteiger partial charge is 0.244 e. The van der Waals surface area contributed by atoms with Crippen LogP contribution in [-0.4, -0.2) is 4.98 Å². The lowest BCUT2D eigenvalue weighted by molar-refractivity contribution is 0.500. The van der Waals surface area contributed by atoms with E-state index in [0.29, 0.717) is 11.1 Å². The highest BCUT2D eigenvalue weighted by atomic mass is 35.5. The molecule has 1 heterocycles. The van der Waals surface area contributed by atoms with Crippen LogP contribution in [0, 0.1) is 0 Å². The number of pyridine rings is 1. The molecule has 0 aliphatic carbocycles. The van der Waals surface area contributed by atoms with Gasteiger partial charge in [-0.05, 0) is 30.4 Å². The van der Waals surface area contributed by atoms with E-state index in [2.05, 4.69) is 24.9 Å². The van der Waals surface area contributed by atoms with Crippen LogP contribution in [0.5, 0.6) is 0 Å². The fourth-order valence-electron chi connectivity index (χ4n) is 2.56. The molecule has 108 valence electrons. The molecule has 1 aromatic heterocycles. The van der Waals surface area contributed by atoms with Crippen molar-refractivity contribution in [3.05, 3.63) is 29.0 Å². The second-order valence-electron chi connectivity index (χ2n) is 5.46. The highest BCUT2D eigenvalue weighted by molar-refractivity contribution is 6.29. The van der Waals surface area contributed by atoms with Crippen LogP contribution in [0.3, 0.4) is 0 Å². The molecule has 0 bridgehead atoms. The minimum absolute atomic E-state index is 0.599. The molecule has 0 fully saturated rings. The SMILES string of the molecule is CCCCCCC(CCCCC)c1ccc(Cl)nc1. The van der Waals surface area contributed by atoms with Gasteiger partial charge in [-0.15, -0.1) is 0 Å². The van der Waals surface area contributed by atoms with Crippen molar-refractivity contribution in [2.75, 3.05) is 0 Å². The molecule has 1 rings (SSSR count). The summed E-state index contributed by atoms with van der Waals surface area (Å²) in [5, 5.41) is 0.599. The number of nitrogens with zero attached hydrogens (tertiary/aromatic N) is 1. The van der Waals surface area contributed by atoms with E-state index in [9.17, 15) is 0 Å². The molecular formula is C17H28ClN. The van der Waals surface area contributed by atoms with Gasteiger partial charge >= 0.3 is 0 Å². The Balaban J connectivity index is 2.49. The molecular weight excluding hydrogens is 254 g/mol. The summed E-state index contributed by atoms with van der Waals surface area (Å²) in [6, 6.07) is 4.08. The number of hydrogen-bond acceptors (Lipinski definition) is 1. The molecule has 0 radical (unpaired) electrons. The molecule has 0 saturated heterocycles. The molecule has 0 N–H and O–H groups in total. The Kier molecular flexibility index (Phi) is 8.90. The van der Waals surface area contributed by atoms with E-state index in [0.717, 1.165) is 0 Å². The van der Waals surface area contributed by atoms with E-state index in [1.165, 1.54) is 63.4 Å². The Hall–Kier alpha value is -0.560. The van der Waals surface area contributed by atoms with Gasteiger partial charge in [0.2, 0.25) is 0 Å². The molecule has 1 nitrogen and oxygen atoms in total. The lowest BCUT2D eigenvalue weighted by Crippen LogP contribution is -2.00. The lowest BCUT2D eigenvalue weighted by Gasteiger charge is -2.17.